The molecule has 61 heavy (non-hydrogen) atoms. The van der Waals surface area contributed by atoms with Gasteiger partial charge in [0, 0.05) is 39.0 Å². The number of aliphatic hydroxyl groups excluding tert-OH is 1. The van der Waals surface area contributed by atoms with Gasteiger partial charge in [0.15, 0.2) is 5.78 Å². The van der Waals surface area contributed by atoms with E-state index < -0.39 is 27.9 Å². The van der Waals surface area contributed by atoms with Crippen LogP contribution in [0.25, 0.3) is 11.1 Å². The number of benzene rings is 4. The molecular weight excluding hydrogens is 761 g/mol. The lowest BCUT2D eigenvalue weighted by Gasteiger charge is -2.71. The van der Waals surface area contributed by atoms with E-state index in [9.17, 15) is 15.0 Å². The molecule has 8 nitrogen and oxygen atoms in total. The Balaban J connectivity index is 1.12. The second kappa shape index (κ2) is 15.3. The molecule has 10 rings (SSSR count). The zero-order valence-electron chi connectivity index (χ0n) is 36.2. The molecule has 2 spiro atoms. The number of hydrogen-bond acceptors (Lipinski definition) is 6. The Morgan fingerprint density at radius 2 is 1.49 bits per heavy atom. The quantitative estimate of drug-likeness (QED) is 0.103. The van der Waals surface area contributed by atoms with Gasteiger partial charge < -0.3 is 29.9 Å². The zero-order valence-corrected chi connectivity index (χ0v) is 36.2. The van der Waals surface area contributed by atoms with E-state index in [1.54, 1.807) is 19.1 Å². The van der Waals surface area contributed by atoms with Crippen molar-refractivity contribution in [3.05, 3.63) is 144 Å². The first-order valence-electron chi connectivity index (χ1n) is 22.2. The number of hydrogen-bond donors (Lipinski definition) is 3. The monoisotopic (exact) mass is 820 g/mol. The minimum atomic E-state index is -1.27. The highest BCUT2D eigenvalue weighted by Gasteiger charge is 2.74. The van der Waals surface area contributed by atoms with Crippen LogP contribution in [-0.2, 0) is 6.54 Å². The van der Waals surface area contributed by atoms with Crippen molar-refractivity contribution in [1.82, 2.24) is 10.2 Å². The highest BCUT2D eigenvalue weighted by molar-refractivity contribution is 6.14. The summed E-state index contributed by atoms with van der Waals surface area (Å²) >= 11 is 0. The Morgan fingerprint density at radius 3 is 2.23 bits per heavy atom. The van der Waals surface area contributed by atoms with Crippen LogP contribution < -0.4 is 14.8 Å². The first-order valence-corrected chi connectivity index (χ1v) is 22.2. The zero-order chi connectivity index (χ0) is 42.8. The Labute approximate surface area is 360 Å². The van der Waals surface area contributed by atoms with E-state index in [4.69, 9.17) is 9.47 Å². The minimum Gasteiger partial charge on any atom is -0.497 e. The van der Waals surface area contributed by atoms with Crippen LogP contribution in [0.3, 0.4) is 0 Å². The van der Waals surface area contributed by atoms with Gasteiger partial charge in [-0.25, -0.2) is 4.79 Å². The third-order valence-electron chi connectivity index (χ3n) is 16.4. The normalized spacial score (nSPS) is 32.4. The van der Waals surface area contributed by atoms with Crippen LogP contribution >= 0.6 is 0 Å². The summed E-state index contributed by atoms with van der Waals surface area (Å²) in [6.07, 6.45) is 11.5. The van der Waals surface area contributed by atoms with E-state index in [0.717, 1.165) is 53.5 Å². The second-order valence-corrected chi connectivity index (χ2v) is 19.2. The van der Waals surface area contributed by atoms with Gasteiger partial charge in [0.05, 0.1) is 45.1 Å². The smallest absolute Gasteiger partial charge is 0.318 e. The van der Waals surface area contributed by atoms with E-state index in [1.165, 1.54) is 0 Å². The summed E-state index contributed by atoms with van der Waals surface area (Å²) in [5.41, 5.74) is 1.97. The Hall–Kier alpha value is -5.18. The lowest BCUT2D eigenvalue weighted by Crippen LogP contribution is -2.67. The summed E-state index contributed by atoms with van der Waals surface area (Å²) in [6.45, 7) is 6.92. The largest absolute Gasteiger partial charge is 0.497 e. The van der Waals surface area contributed by atoms with Gasteiger partial charge in [-0.05, 0) is 97.9 Å². The van der Waals surface area contributed by atoms with Crippen LogP contribution in [0.5, 0.6) is 11.5 Å². The summed E-state index contributed by atoms with van der Waals surface area (Å²) < 4.78 is 11.3. The third-order valence-corrected chi connectivity index (χ3v) is 16.4. The summed E-state index contributed by atoms with van der Waals surface area (Å²) in [7, 11) is 3.23. The highest BCUT2D eigenvalue weighted by Crippen LogP contribution is 2.78. The molecule has 6 aliphatic carbocycles. The van der Waals surface area contributed by atoms with Crippen molar-refractivity contribution < 1.29 is 29.3 Å². The molecular formula is C53H60N2O6. The molecule has 6 aliphatic rings. The number of ketones is 1. The molecule has 9 unspecified atom stereocenters. The molecule has 0 saturated heterocycles. The van der Waals surface area contributed by atoms with Crippen molar-refractivity contribution in [3.8, 4) is 22.6 Å². The number of carbonyl (C=O) groups is 2. The number of rotatable bonds is 11. The standard InChI is InChI=1S/C53H60N2O6/c1-35(36-14-8-6-9-15-36)54-48(58)55(33-38-20-21-40(60-4)30-44(38)61-5)34-52(59)27-24-46-50(52,3)26-23-45-49(2)25-22-39(56)31-51(49)28-29-53(45,46)43(32-51)47(57)42-19-13-12-18-41(42)37-16-10-7-11-17-37/h6-21,28-30,32,35,39,45-46,56,59H,22-27,31,33-34H2,1-5H3,(H,54,58). The number of allylic oxidation sites excluding steroid dienone is 4. The average Bonchev–Trinajstić information content (AvgIpc) is 3.55. The van der Waals surface area contributed by atoms with Crippen molar-refractivity contribution in [2.24, 2.45) is 33.5 Å². The van der Waals surface area contributed by atoms with Crippen LogP contribution in [0.1, 0.15) is 93.2 Å². The van der Waals surface area contributed by atoms with Gasteiger partial charge in [0.1, 0.15) is 11.5 Å². The number of Topliss-reactive ketones (excluding diaryl/α,β-unsaturated/α-hetero) is 1. The van der Waals surface area contributed by atoms with Gasteiger partial charge >= 0.3 is 6.03 Å². The lowest BCUT2D eigenvalue weighted by atomic mass is 9.32. The van der Waals surface area contributed by atoms with E-state index in [0.29, 0.717) is 36.3 Å². The molecule has 0 heterocycles. The van der Waals surface area contributed by atoms with Crippen molar-refractivity contribution in [2.75, 3.05) is 20.8 Å². The number of aliphatic hydroxyl groups is 2. The van der Waals surface area contributed by atoms with Crippen LogP contribution in [0, 0.1) is 33.5 Å². The summed E-state index contributed by atoms with van der Waals surface area (Å²) in [6, 6.07) is 33.0. The number of amides is 2. The Kier molecular flexibility index (Phi) is 10.3. The van der Waals surface area contributed by atoms with Gasteiger partial charge in [-0.2, -0.15) is 0 Å². The minimum absolute atomic E-state index is 0.0254. The molecule has 8 heteroatoms. The van der Waals surface area contributed by atoms with Crippen molar-refractivity contribution in [2.45, 2.75) is 90.0 Å². The molecule has 3 saturated carbocycles. The SMILES string of the molecule is COc1ccc(CN(CC2(O)CCC3C45C=CC6(C=C4C(=O)c4ccccc4-c4ccccc4)CC(O)CCC6(C)C5CCC32C)C(=O)NC(C)c2ccccc2)c(OC)c1. The maximum Gasteiger partial charge on any atom is 0.318 e. The van der Waals surface area contributed by atoms with Crippen molar-refractivity contribution in [1.29, 1.82) is 0 Å². The molecule has 9 atom stereocenters. The van der Waals surface area contributed by atoms with E-state index in [2.05, 4.69) is 49.5 Å². The number of fused-ring (bicyclic) bond motifs is 1. The van der Waals surface area contributed by atoms with E-state index in [-0.39, 0.29) is 48.2 Å². The number of urea groups is 1. The van der Waals surface area contributed by atoms with Gasteiger partial charge in [0.2, 0.25) is 0 Å². The van der Waals surface area contributed by atoms with Gasteiger partial charge in [-0.15, -0.1) is 0 Å². The van der Waals surface area contributed by atoms with E-state index >= 15 is 4.79 Å². The number of carbonyl (C=O) groups excluding carboxylic acids is 2. The number of ether oxygens (including phenoxy) is 2. The predicted octanol–water partition coefficient (Wildman–Crippen LogP) is 10.1. The number of nitrogens with one attached hydrogen (secondary N) is 1. The van der Waals surface area contributed by atoms with Crippen LogP contribution in [0.2, 0.25) is 0 Å². The maximum atomic E-state index is 15.6. The van der Waals surface area contributed by atoms with Crippen molar-refractivity contribution >= 4 is 11.8 Å². The fraction of sp³-hybridized carbons (Fsp3) is 0.434. The molecule has 318 valence electrons. The number of nitrogens with zero attached hydrogens (tertiary/aromatic N) is 1. The molecule has 4 aromatic carbocycles. The molecule has 2 bridgehead atoms. The molecule has 2 amide bonds. The van der Waals surface area contributed by atoms with Crippen LogP contribution in [0.15, 0.2) is 127 Å². The molecule has 3 fully saturated rings. The van der Waals surface area contributed by atoms with Gasteiger partial charge in [0.25, 0.3) is 0 Å². The van der Waals surface area contributed by atoms with Crippen LogP contribution in [-0.4, -0.2) is 59.4 Å². The lowest BCUT2D eigenvalue weighted by molar-refractivity contribution is -0.174. The van der Waals surface area contributed by atoms with Gasteiger partial charge in [-0.3, -0.25) is 4.79 Å². The van der Waals surface area contributed by atoms with Gasteiger partial charge in [-0.1, -0.05) is 117 Å². The molecule has 4 aromatic rings. The Bertz CT molecular complexity index is 2380. The summed E-state index contributed by atoms with van der Waals surface area (Å²) in [5, 5.41) is 27.9. The first kappa shape index (κ1) is 41.2. The van der Waals surface area contributed by atoms with Crippen molar-refractivity contribution in [3.63, 3.8) is 0 Å². The first-order chi connectivity index (χ1) is 29.3. The maximum absolute atomic E-state index is 15.6. The predicted molar refractivity (Wildman–Crippen MR) is 238 cm³/mol. The van der Waals surface area contributed by atoms with E-state index in [1.807, 2.05) is 97.9 Å². The topological polar surface area (TPSA) is 108 Å². The average molecular weight is 821 g/mol. The molecule has 0 aromatic heterocycles. The highest BCUT2D eigenvalue weighted by atomic mass is 16.5. The molecule has 3 N–H and O–H groups in total. The van der Waals surface area contributed by atoms with Crippen LogP contribution in [0.4, 0.5) is 4.79 Å². The summed E-state index contributed by atoms with van der Waals surface area (Å²) in [4.78, 5) is 32.0. The fourth-order valence-electron chi connectivity index (χ4n) is 13.1. The molecule has 0 radical (unpaired) electrons. The number of methoxy groups -OCH3 is 2. The Morgan fingerprint density at radius 1 is 0.820 bits per heavy atom. The second-order valence-electron chi connectivity index (χ2n) is 19.2. The fourth-order valence-corrected chi connectivity index (χ4v) is 13.1. The third kappa shape index (κ3) is 6.38. The molecule has 0 aliphatic heterocycles. The summed E-state index contributed by atoms with van der Waals surface area (Å²) in [5.74, 6) is 1.34.